The van der Waals surface area contributed by atoms with Crippen LogP contribution in [0.4, 0.5) is 4.79 Å². The molecule has 0 spiro atoms. The number of aromatic nitrogens is 1. The number of likely N-dealkylation sites (tertiary alicyclic amines) is 1. The molecule has 4 rings (SSSR count). The molecule has 148 valence electrons. The molecule has 1 saturated heterocycles. The normalized spacial score (nSPS) is 22.4. The van der Waals surface area contributed by atoms with Crippen molar-refractivity contribution in [2.45, 2.75) is 17.4 Å². The standard InChI is InChI=1S/C18H17Cl2N3O4S/c19-15-4-3-13(6-16(15)20)28(26,27)23-8-11-2-1-5-21-17(11)14-10-22(18(24)25)7-12(14)9-23/h1-6,12,14H,7-10H2,(H,24,25)/t12-,14+/m0/s1. The Morgan fingerprint density at radius 2 is 1.93 bits per heavy atom. The minimum atomic E-state index is -3.85. The zero-order valence-corrected chi connectivity index (χ0v) is 17.0. The highest BCUT2D eigenvalue weighted by molar-refractivity contribution is 7.89. The molecule has 0 bridgehead atoms. The van der Waals surface area contributed by atoms with Gasteiger partial charge in [-0.3, -0.25) is 4.98 Å². The SMILES string of the molecule is O=C(O)N1C[C@H]2CN(S(=O)(=O)c3ccc(Cl)c(Cl)c3)Cc3cccnc3[C@@H]2C1. The third-order valence-corrected chi connectivity index (χ3v) is 7.85. The van der Waals surface area contributed by atoms with Crippen LogP contribution in [0.15, 0.2) is 41.4 Å². The van der Waals surface area contributed by atoms with Gasteiger partial charge < -0.3 is 10.0 Å². The molecule has 7 nitrogen and oxygen atoms in total. The van der Waals surface area contributed by atoms with Gasteiger partial charge in [-0.1, -0.05) is 29.3 Å². The fourth-order valence-electron chi connectivity index (χ4n) is 3.93. The van der Waals surface area contributed by atoms with Crippen molar-refractivity contribution in [1.29, 1.82) is 0 Å². The summed E-state index contributed by atoms with van der Waals surface area (Å²) in [6.45, 7) is 0.952. The van der Waals surface area contributed by atoms with Crippen molar-refractivity contribution in [2.24, 2.45) is 5.92 Å². The van der Waals surface area contributed by atoms with Crippen molar-refractivity contribution in [3.05, 3.63) is 57.8 Å². The number of benzene rings is 1. The maximum Gasteiger partial charge on any atom is 0.407 e. The molecule has 28 heavy (non-hydrogen) atoms. The first kappa shape index (κ1) is 19.4. The molecular formula is C18H17Cl2N3O4S. The van der Waals surface area contributed by atoms with E-state index in [0.29, 0.717) is 6.54 Å². The second kappa shape index (κ2) is 7.18. The number of halogens is 2. The van der Waals surface area contributed by atoms with Crippen LogP contribution < -0.4 is 0 Å². The van der Waals surface area contributed by atoms with Crippen LogP contribution in [-0.2, 0) is 16.6 Å². The van der Waals surface area contributed by atoms with Gasteiger partial charge in [0, 0.05) is 44.2 Å². The maximum atomic E-state index is 13.3. The molecule has 0 radical (unpaired) electrons. The van der Waals surface area contributed by atoms with Gasteiger partial charge in [-0.2, -0.15) is 4.31 Å². The Balaban J connectivity index is 1.75. The lowest BCUT2D eigenvalue weighted by Crippen LogP contribution is -2.36. The Labute approximate surface area is 172 Å². The number of sulfonamides is 1. The van der Waals surface area contributed by atoms with Crippen molar-refractivity contribution in [2.75, 3.05) is 19.6 Å². The van der Waals surface area contributed by atoms with Crippen LogP contribution in [0.2, 0.25) is 10.0 Å². The van der Waals surface area contributed by atoms with E-state index in [9.17, 15) is 18.3 Å². The maximum absolute atomic E-state index is 13.3. The zero-order chi connectivity index (χ0) is 20.1. The van der Waals surface area contributed by atoms with Gasteiger partial charge in [0.25, 0.3) is 0 Å². The number of amides is 1. The van der Waals surface area contributed by atoms with Gasteiger partial charge in [0.15, 0.2) is 0 Å². The molecule has 1 aromatic heterocycles. The predicted molar refractivity (Wildman–Crippen MR) is 104 cm³/mol. The van der Waals surface area contributed by atoms with Gasteiger partial charge in [0.1, 0.15) is 0 Å². The van der Waals surface area contributed by atoms with Crippen LogP contribution in [0, 0.1) is 5.92 Å². The lowest BCUT2D eigenvalue weighted by Gasteiger charge is -2.24. The lowest BCUT2D eigenvalue weighted by molar-refractivity contribution is 0.153. The van der Waals surface area contributed by atoms with Gasteiger partial charge in [-0.25, -0.2) is 13.2 Å². The number of hydrogen-bond donors (Lipinski definition) is 1. The molecule has 2 atom stereocenters. The molecule has 0 saturated carbocycles. The Morgan fingerprint density at radius 1 is 1.14 bits per heavy atom. The van der Waals surface area contributed by atoms with Crippen molar-refractivity contribution >= 4 is 39.3 Å². The number of fused-ring (bicyclic) bond motifs is 3. The summed E-state index contributed by atoms with van der Waals surface area (Å²) in [6, 6.07) is 7.81. The molecule has 1 amide bonds. The average molecular weight is 442 g/mol. The predicted octanol–water partition coefficient (Wildman–Crippen LogP) is 3.29. The summed E-state index contributed by atoms with van der Waals surface area (Å²) >= 11 is 11.9. The highest BCUT2D eigenvalue weighted by Crippen LogP contribution is 2.39. The molecule has 10 heteroatoms. The van der Waals surface area contributed by atoms with Crippen LogP contribution in [0.1, 0.15) is 17.2 Å². The summed E-state index contributed by atoms with van der Waals surface area (Å²) in [5.74, 6) is -0.314. The van der Waals surface area contributed by atoms with E-state index in [1.165, 1.54) is 27.4 Å². The second-order valence-electron chi connectivity index (χ2n) is 6.98. The van der Waals surface area contributed by atoms with Crippen molar-refractivity contribution in [3.63, 3.8) is 0 Å². The summed E-state index contributed by atoms with van der Waals surface area (Å²) in [7, 11) is -3.85. The molecule has 2 aliphatic heterocycles. The third-order valence-electron chi connectivity index (χ3n) is 5.30. The Hall–Kier alpha value is -1.87. The minimum Gasteiger partial charge on any atom is -0.465 e. The van der Waals surface area contributed by atoms with Crippen LogP contribution >= 0.6 is 23.2 Å². The molecule has 0 aliphatic carbocycles. The average Bonchev–Trinajstić information content (AvgIpc) is 3.01. The van der Waals surface area contributed by atoms with Gasteiger partial charge in [-0.15, -0.1) is 0 Å². The van der Waals surface area contributed by atoms with Crippen LogP contribution in [0.25, 0.3) is 0 Å². The van der Waals surface area contributed by atoms with Crippen molar-refractivity contribution in [1.82, 2.24) is 14.2 Å². The van der Waals surface area contributed by atoms with Crippen LogP contribution in [-0.4, -0.2) is 53.4 Å². The van der Waals surface area contributed by atoms with Crippen molar-refractivity contribution in [3.8, 4) is 0 Å². The first-order valence-electron chi connectivity index (χ1n) is 8.64. The van der Waals surface area contributed by atoms with Crippen molar-refractivity contribution < 1.29 is 18.3 Å². The van der Waals surface area contributed by atoms with E-state index in [0.717, 1.165) is 11.3 Å². The van der Waals surface area contributed by atoms with Crippen LogP contribution in [0.3, 0.4) is 0 Å². The fourth-order valence-corrected chi connectivity index (χ4v) is 5.79. The Morgan fingerprint density at radius 3 is 2.64 bits per heavy atom. The van der Waals surface area contributed by atoms with E-state index in [2.05, 4.69) is 4.98 Å². The summed E-state index contributed by atoms with van der Waals surface area (Å²) < 4.78 is 28.0. The molecule has 0 unspecified atom stereocenters. The Kier molecular flexibility index (Phi) is 4.99. The van der Waals surface area contributed by atoms with E-state index >= 15 is 0 Å². The summed E-state index contributed by atoms with van der Waals surface area (Å²) in [4.78, 5) is 17.3. The number of rotatable bonds is 2. The topological polar surface area (TPSA) is 90.8 Å². The lowest BCUT2D eigenvalue weighted by atomic mass is 9.91. The van der Waals surface area contributed by atoms with Crippen LogP contribution in [0.5, 0.6) is 0 Å². The molecule has 2 aromatic rings. The van der Waals surface area contributed by atoms with E-state index in [4.69, 9.17) is 23.2 Å². The number of carbonyl (C=O) groups is 1. The van der Waals surface area contributed by atoms with Gasteiger partial charge in [0.2, 0.25) is 10.0 Å². The zero-order valence-electron chi connectivity index (χ0n) is 14.6. The fraction of sp³-hybridized carbons (Fsp3) is 0.333. The number of nitrogens with zero attached hydrogens (tertiary/aromatic N) is 3. The highest BCUT2D eigenvalue weighted by Gasteiger charge is 2.43. The first-order valence-corrected chi connectivity index (χ1v) is 10.8. The minimum absolute atomic E-state index is 0.0545. The summed E-state index contributed by atoms with van der Waals surface area (Å²) in [5.41, 5.74) is 1.55. The first-order chi connectivity index (χ1) is 13.3. The van der Waals surface area contributed by atoms with Gasteiger partial charge in [-0.05, 0) is 29.8 Å². The smallest absolute Gasteiger partial charge is 0.407 e. The highest BCUT2D eigenvalue weighted by atomic mass is 35.5. The molecule has 1 aromatic carbocycles. The quantitative estimate of drug-likeness (QED) is 0.771. The Bertz CT molecular complexity index is 1050. The number of pyridine rings is 1. The van der Waals surface area contributed by atoms with Gasteiger partial charge >= 0.3 is 6.09 Å². The summed E-state index contributed by atoms with van der Waals surface area (Å²) in [5, 5.41) is 9.82. The molecule has 2 aliphatic rings. The molecule has 1 N–H and O–H groups in total. The monoisotopic (exact) mass is 441 g/mol. The number of hydrogen-bond acceptors (Lipinski definition) is 4. The van der Waals surface area contributed by atoms with E-state index in [1.807, 2.05) is 6.07 Å². The van der Waals surface area contributed by atoms with Gasteiger partial charge in [0.05, 0.1) is 20.6 Å². The molecule has 3 heterocycles. The molecule has 1 fully saturated rings. The number of carboxylic acid groups (broad SMARTS) is 1. The molecular weight excluding hydrogens is 425 g/mol. The summed E-state index contributed by atoms with van der Waals surface area (Å²) in [6.07, 6.45) is 0.645. The van der Waals surface area contributed by atoms with E-state index in [-0.39, 0.29) is 46.4 Å². The van der Waals surface area contributed by atoms with E-state index < -0.39 is 16.1 Å². The third kappa shape index (κ3) is 3.34. The second-order valence-corrected chi connectivity index (χ2v) is 9.73. The largest absolute Gasteiger partial charge is 0.465 e. The van der Waals surface area contributed by atoms with E-state index in [1.54, 1.807) is 12.3 Å².